The number of hydrogen-bond donors (Lipinski definition) is 1. The van der Waals surface area contributed by atoms with Gasteiger partial charge < -0.3 is 5.11 Å². The van der Waals surface area contributed by atoms with Crippen molar-refractivity contribution in [2.75, 3.05) is 19.3 Å². The van der Waals surface area contributed by atoms with Crippen molar-refractivity contribution in [3.63, 3.8) is 0 Å². The Hall–Kier alpha value is -1.70. The Morgan fingerprint density at radius 1 is 1.33 bits per heavy atom. The molecule has 130 valence electrons. The molecule has 1 aliphatic heterocycles. The number of aliphatic hydroxyl groups is 1. The minimum atomic E-state index is -3.21. The molecule has 7 heteroatoms. The first-order valence-electron chi connectivity index (χ1n) is 8.05. The summed E-state index contributed by atoms with van der Waals surface area (Å²) in [7, 11) is -1.31. The minimum absolute atomic E-state index is 0.271. The normalized spacial score (nSPS) is 20.4. The van der Waals surface area contributed by atoms with Crippen LogP contribution in [-0.2, 0) is 16.9 Å². The largest absolute Gasteiger partial charge is 0.387 e. The summed E-state index contributed by atoms with van der Waals surface area (Å²) in [5.41, 5.74) is 1.91. The summed E-state index contributed by atoms with van der Waals surface area (Å²) in [6, 6.07) is 6.77. The van der Waals surface area contributed by atoms with E-state index < -0.39 is 15.9 Å². The Kier molecular flexibility index (Phi) is 4.76. The number of likely N-dealkylation sites (tertiary alicyclic amines) is 1. The van der Waals surface area contributed by atoms with Crippen LogP contribution in [0.2, 0.25) is 0 Å². The maximum absolute atomic E-state index is 11.5. The van der Waals surface area contributed by atoms with Crippen molar-refractivity contribution in [3.8, 4) is 0 Å². The maximum Gasteiger partial charge on any atom is 0.175 e. The third kappa shape index (κ3) is 3.68. The Morgan fingerprint density at radius 3 is 2.62 bits per heavy atom. The molecule has 1 aliphatic rings. The number of nitrogens with zero attached hydrogens (tertiary/aromatic N) is 3. The first-order chi connectivity index (χ1) is 11.3. The maximum atomic E-state index is 11.5. The number of β-amino-alcohol motifs (C(OH)–C–C–N with tert-alkyl or cyclic N) is 1. The van der Waals surface area contributed by atoms with Gasteiger partial charge in [0.05, 0.1) is 17.2 Å². The van der Waals surface area contributed by atoms with Gasteiger partial charge in [-0.05, 0) is 37.1 Å². The van der Waals surface area contributed by atoms with Gasteiger partial charge >= 0.3 is 0 Å². The Balaban J connectivity index is 1.70. The van der Waals surface area contributed by atoms with Crippen molar-refractivity contribution in [1.82, 2.24) is 14.7 Å². The molecule has 1 fully saturated rings. The topological polar surface area (TPSA) is 75.4 Å². The van der Waals surface area contributed by atoms with E-state index in [1.807, 2.05) is 19.4 Å². The summed E-state index contributed by atoms with van der Waals surface area (Å²) in [6.45, 7) is 1.47. The van der Waals surface area contributed by atoms with Crippen LogP contribution in [0.25, 0.3) is 0 Å². The monoisotopic (exact) mass is 349 g/mol. The Morgan fingerprint density at radius 2 is 2.04 bits per heavy atom. The van der Waals surface area contributed by atoms with E-state index in [1.54, 1.807) is 28.9 Å². The zero-order valence-electron chi connectivity index (χ0n) is 14.0. The molecule has 6 nitrogen and oxygen atoms in total. The predicted octanol–water partition coefficient (Wildman–Crippen LogP) is 1.69. The van der Waals surface area contributed by atoms with Crippen molar-refractivity contribution in [2.45, 2.75) is 29.9 Å². The summed E-state index contributed by atoms with van der Waals surface area (Å²) < 4.78 is 24.8. The number of aliphatic hydroxyl groups excluding tert-OH is 1. The first kappa shape index (κ1) is 17.1. The van der Waals surface area contributed by atoms with Crippen molar-refractivity contribution in [2.24, 2.45) is 7.05 Å². The minimum Gasteiger partial charge on any atom is -0.387 e. The molecular weight excluding hydrogens is 326 g/mol. The highest BCUT2D eigenvalue weighted by atomic mass is 32.2. The van der Waals surface area contributed by atoms with Crippen LogP contribution >= 0.6 is 0 Å². The van der Waals surface area contributed by atoms with Crippen LogP contribution in [0.15, 0.2) is 41.6 Å². The van der Waals surface area contributed by atoms with E-state index in [0.717, 1.165) is 24.9 Å². The van der Waals surface area contributed by atoms with Gasteiger partial charge in [-0.2, -0.15) is 5.10 Å². The van der Waals surface area contributed by atoms with E-state index >= 15 is 0 Å². The molecule has 24 heavy (non-hydrogen) atoms. The number of rotatable bonds is 5. The van der Waals surface area contributed by atoms with E-state index in [0.29, 0.717) is 6.54 Å². The highest BCUT2D eigenvalue weighted by Crippen LogP contribution is 2.33. The zero-order valence-corrected chi connectivity index (χ0v) is 14.8. The molecule has 2 heterocycles. The number of hydrogen-bond acceptors (Lipinski definition) is 5. The molecule has 1 N–H and O–H groups in total. The second-order valence-electron chi connectivity index (χ2n) is 6.46. The average Bonchev–Trinajstić information content (AvgIpc) is 3.15. The number of benzene rings is 1. The van der Waals surface area contributed by atoms with Crippen LogP contribution in [0.3, 0.4) is 0 Å². The second-order valence-corrected chi connectivity index (χ2v) is 8.47. The lowest BCUT2D eigenvalue weighted by atomic mass is 10.1. The van der Waals surface area contributed by atoms with Gasteiger partial charge in [0, 0.05) is 37.7 Å². The van der Waals surface area contributed by atoms with Crippen LogP contribution in [0.4, 0.5) is 0 Å². The highest BCUT2D eigenvalue weighted by molar-refractivity contribution is 7.90. The van der Waals surface area contributed by atoms with E-state index in [2.05, 4.69) is 10.00 Å². The van der Waals surface area contributed by atoms with Gasteiger partial charge in [-0.15, -0.1) is 0 Å². The van der Waals surface area contributed by atoms with Gasteiger partial charge in [0.25, 0.3) is 0 Å². The van der Waals surface area contributed by atoms with Gasteiger partial charge in [0.2, 0.25) is 0 Å². The van der Waals surface area contributed by atoms with Crippen molar-refractivity contribution in [3.05, 3.63) is 47.8 Å². The van der Waals surface area contributed by atoms with E-state index in [4.69, 9.17) is 0 Å². The van der Waals surface area contributed by atoms with Crippen LogP contribution in [0.1, 0.15) is 36.1 Å². The van der Waals surface area contributed by atoms with Gasteiger partial charge in [0.15, 0.2) is 9.84 Å². The molecule has 0 amide bonds. The fraction of sp³-hybridized carbons (Fsp3) is 0.471. The molecule has 2 aromatic rings. The third-order valence-electron chi connectivity index (χ3n) is 4.57. The third-order valence-corrected chi connectivity index (χ3v) is 5.70. The molecule has 0 unspecified atom stereocenters. The van der Waals surface area contributed by atoms with Crippen molar-refractivity contribution in [1.29, 1.82) is 0 Å². The molecule has 0 saturated carbocycles. The fourth-order valence-corrected chi connectivity index (χ4v) is 3.93. The van der Waals surface area contributed by atoms with Crippen LogP contribution < -0.4 is 0 Å². The smallest absolute Gasteiger partial charge is 0.175 e. The summed E-state index contributed by atoms with van der Waals surface area (Å²) in [4.78, 5) is 2.54. The van der Waals surface area contributed by atoms with Crippen LogP contribution in [0.5, 0.6) is 0 Å². The molecule has 0 aliphatic carbocycles. The molecular formula is C17H23N3O3S. The quantitative estimate of drug-likeness (QED) is 0.889. The number of aromatic nitrogens is 2. The lowest BCUT2D eigenvalue weighted by molar-refractivity contribution is 0.106. The molecule has 3 rings (SSSR count). The molecule has 1 aromatic carbocycles. The summed E-state index contributed by atoms with van der Waals surface area (Å²) in [6.07, 6.45) is 6.61. The lowest BCUT2D eigenvalue weighted by Gasteiger charge is -2.26. The summed E-state index contributed by atoms with van der Waals surface area (Å²) >= 11 is 0. The summed E-state index contributed by atoms with van der Waals surface area (Å²) in [5, 5.41) is 14.8. The Bertz CT molecular complexity index is 799. The SMILES string of the molecule is Cn1cc([C@H]2CCCN2C[C@@H](O)c2ccc(S(C)(=O)=O)cc2)cn1. The van der Waals surface area contributed by atoms with Gasteiger partial charge in [0.1, 0.15) is 0 Å². The molecule has 1 aromatic heterocycles. The van der Waals surface area contributed by atoms with E-state index in [9.17, 15) is 13.5 Å². The van der Waals surface area contributed by atoms with Gasteiger partial charge in [-0.25, -0.2) is 8.42 Å². The fourth-order valence-electron chi connectivity index (χ4n) is 3.30. The average molecular weight is 349 g/mol. The lowest BCUT2D eigenvalue weighted by Crippen LogP contribution is -2.28. The number of aryl methyl sites for hydroxylation is 1. The van der Waals surface area contributed by atoms with E-state index in [1.165, 1.54) is 11.8 Å². The van der Waals surface area contributed by atoms with Crippen LogP contribution in [0, 0.1) is 0 Å². The summed E-state index contributed by atoms with van der Waals surface area (Å²) in [5.74, 6) is 0. The van der Waals surface area contributed by atoms with Gasteiger partial charge in [-0.3, -0.25) is 9.58 Å². The molecule has 0 radical (unpaired) electrons. The Labute approximate surface area is 142 Å². The highest BCUT2D eigenvalue weighted by Gasteiger charge is 2.28. The molecule has 1 saturated heterocycles. The van der Waals surface area contributed by atoms with Crippen LogP contribution in [-0.4, -0.2) is 47.6 Å². The van der Waals surface area contributed by atoms with Crippen molar-refractivity contribution >= 4 is 9.84 Å². The molecule has 2 atom stereocenters. The van der Waals surface area contributed by atoms with E-state index in [-0.39, 0.29) is 10.9 Å². The standard InChI is InChI=1S/C17H23N3O3S/c1-19-11-14(10-18-19)16-4-3-9-20(16)12-17(21)13-5-7-15(8-6-13)24(2,22)23/h5-8,10-11,16-17,21H,3-4,9,12H2,1-2H3/t16-,17-/m1/s1. The molecule has 0 bridgehead atoms. The molecule has 0 spiro atoms. The van der Waals surface area contributed by atoms with Gasteiger partial charge in [-0.1, -0.05) is 12.1 Å². The predicted molar refractivity (Wildman–Crippen MR) is 91.3 cm³/mol. The first-order valence-corrected chi connectivity index (χ1v) is 9.94. The van der Waals surface area contributed by atoms with Crippen molar-refractivity contribution < 1.29 is 13.5 Å². The second kappa shape index (κ2) is 6.66. The number of sulfone groups is 1. The zero-order chi connectivity index (χ0) is 17.3.